The number of aromatic nitrogens is 1. The Morgan fingerprint density at radius 3 is 2.96 bits per heavy atom. The highest BCUT2D eigenvalue weighted by molar-refractivity contribution is 7.18. The van der Waals surface area contributed by atoms with Crippen LogP contribution in [0.15, 0.2) is 46.7 Å². The Bertz CT molecular complexity index is 822. The molecule has 0 aliphatic carbocycles. The second-order valence-corrected chi connectivity index (χ2v) is 7.14. The minimum atomic E-state index is -0.639. The van der Waals surface area contributed by atoms with E-state index in [4.69, 9.17) is 16.4 Å². The van der Waals surface area contributed by atoms with E-state index in [-0.39, 0.29) is 11.9 Å². The minimum Gasteiger partial charge on any atom is -0.382 e. The molecule has 3 heterocycles. The second-order valence-electron chi connectivity index (χ2n) is 5.43. The predicted molar refractivity (Wildman–Crippen MR) is 91.1 cm³/mol. The zero-order valence-electron chi connectivity index (χ0n) is 12.8. The number of carbonyl (C=O) groups is 1. The Labute approximate surface area is 142 Å². The second kappa shape index (κ2) is 6.68. The van der Waals surface area contributed by atoms with Crippen molar-refractivity contribution >= 4 is 34.6 Å². The van der Waals surface area contributed by atoms with Crippen LogP contribution in [0.4, 0.5) is 0 Å². The summed E-state index contributed by atoms with van der Waals surface area (Å²) < 4.78 is 2.21. The number of halogens is 1. The molecule has 1 atom stereocenters. The van der Waals surface area contributed by atoms with E-state index in [1.165, 1.54) is 15.9 Å². The van der Waals surface area contributed by atoms with Crippen molar-refractivity contribution < 1.29 is 9.63 Å². The zero-order chi connectivity index (χ0) is 16.4. The number of hydrogen-bond donors (Lipinski definition) is 0. The smallest absolute Gasteiger partial charge is 0.276 e. The Hall–Kier alpha value is -1.92. The van der Waals surface area contributed by atoms with Gasteiger partial charge in [-0.05, 0) is 38.1 Å². The molecule has 0 radical (unpaired) electrons. The predicted octanol–water partition coefficient (Wildman–Crippen LogP) is 3.35. The topological polar surface area (TPSA) is 56.0 Å². The molecule has 0 saturated heterocycles. The zero-order valence-corrected chi connectivity index (χ0v) is 14.3. The van der Waals surface area contributed by atoms with Crippen molar-refractivity contribution in [3.05, 3.63) is 51.2 Å². The third-order valence-corrected chi connectivity index (χ3v) is 4.55. The van der Waals surface area contributed by atoms with Crippen LogP contribution in [0.5, 0.6) is 0 Å². The summed E-state index contributed by atoms with van der Waals surface area (Å²) in [4.78, 5) is 23.5. The van der Waals surface area contributed by atoms with Gasteiger partial charge in [0.2, 0.25) is 6.10 Å². The summed E-state index contributed by atoms with van der Waals surface area (Å²) in [7, 11) is 0. The van der Waals surface area contributed by atoms with Crippen molar-refractivity contribution in [1.82, 2.24) is 4.57 Å². The van der Waals surface area contributed by atoms with Crippen LogP contribution in [0.2, 0.25) is 4.34 Å². The number of hydrogen-bond acceptors (Lipinski definition) is 5. The molecule has 0 amide bonds. The number of thiophene rings is 1. The molecule has 0 fully saturated rings. The number of nitrogens with zero attached hydrogens (tertiary/aromatic N) is 3. The average Bonchev–Trinajstić information content (AvgIpc) is 3.15. The van der Waals surface area contributed by atoms with E-state index in [9.17, 15) is 4.79 Å². The summed E-state index contributed by atoms with van der Waals surface area (Å²) in [6, 6.07) is 9.26. The quantitative estimate of drug-likeness (QED) is 0.853. The number of carbonyl (C=O) groups excluding carboxylic acids is 1. The van der Waals surface area contributed by atoms with Crippen LogP contribution in [0.3, 0.4) is 0 Å². The van der Waals surface area contributed by atoms with Crippen LogP contribution in [0.1, 0.15) is 29.9 Å². The fourth-order valence-electron chi connectivity index (χ4n) is 2.27. The van der Waals surface area contributed by atoms with E-state index in [0.29, 0.717) is 16.2 Å². The van der Waals surface area contributed by atoms with Gasteiger partial charge in [-0.1, -0.05) is 22.8 Å². The minimum absolute atomic E-state index is 0.0982. The molecule has 0 saturated carbocycles. The lowest BCUT2D eigenvalue weighted by atomic mass is 10.1. The molecule has 23 heavy (non-hydrogen) atoms. The Morgan fingerprint density at radius 2 is 2.26 bits per heavy atom. The Morgan fingerprint density at radius 1 is 1.43 bits per heavy atom. The van der Waals surface area contributed by atoms with E-state index < -0.39 is 6.10 Å². The lowest BCUT2D eigenvalue weighted by Crippen LogP contribution is -2.35. The number of rotatable bonds is 3. The summed E-state index contributed by atoms with van der Waals surface area (Å²) in [5, 5.41) is 4.04. The van der Waals surface area contributed by atoms with Crippen LogP contribution in [-0.4, -0.2) is 28.3 Å². The molecule has 120 valence electrons. The highest BCUT2D eigenvalue weighted by Crippen LogP contribution is 2.26. The first-order valence-corrected chi connectivity index (χ1v) is 8.48. The van der Waals surface area contributed by atoms with Crippen LogP contribution in [-0.2, 0) is 4.84 Å². The van der Waals surface area contributed by atoms with Crippen LogP contribution in [0, 0.1) is 0 Å². The average molecular weight is 350 g/mol. The van der Waals surface area contributed by atoms with Gasteiger partial charge < -0.3 is 4.84 Å². The molecule has 1 unspecified atom stereocenters. The van der Waals surface area contributed by atoms with Crippen molar-refractivity contribution in [2.45, 2.75) is 32.4 Å². The van der Waals surface area contributed by atoms with Crippen molar-refractivity contribution in [2.75, 3.05) is 0 Å². The molecule has 0 bridgehead atoms. The number of oxime groups is 1. The third kappa shape index (κ3) is 3.54. The fourth-order valence-corrected chi connectivity index (χ4v) is 3.30. The van der Waals surface area contributed by atoms with Gasteiger partial charge >= 0.3 is 0 Å². The van der Waals surface area contributed by atoms with Crippen LogP contribution < -0.4 is 5.49 Å². The fraction of sp³-hybridized carbons (Fsp3) is 0.312. The molecule has 2 aromatic heterocycles. The maximum Gasteiger partial charge on any atom is 0.276 e. The van der Waals surface area contributed by atoms with Gasteiger partial charge in [0.25, 0.3) is 5.91 Å². The number of pyridine rings is 1. The largest absolute Gasteiger partial charge is 0.382 e. The Balaban J connectivity index is 1.81. The van der Waals surface area contributed by atoms with Gasteiger partial charge in [-0.25, -0.2) is 0 Å². The van der Waals surface area contributed by atoms with Crippen molar-refractivity contribution in [3.63, 3.8) is 0 Å². The molecule has 0 aromatic carbocycles. The molecular weight excluding hydrogens is 334 g/mol. The van der Waals surface area contributed by atoms with E-state index in [1.54, 1.807) is 12.3 Å². The molecule has 3 rings (SSSR count). The maximum atomic E-state index is 12.7. The van der Waals surface area contributed by atoms with Gasteiger partial charge in [-0.15, -0.1) is 11.3 Å². The highest BCUT2D eigenvalue weighted by atomic mass is 35.5. The van der Waals surface area contributed by atoms with Gasteiger partial charge in [0.15, 0.2) is 0 Å². The van der Waals surface area contributed by atoms with Crippen molar-refractivity contribution in [3.8, 4) is 0 Å². The molecular formula is C16H16ClN3O2S. The summed E-state index contributed by atoms with van der Waals surface area (Å²) in [5.41, 5.74) is 1.36. The monoisotopic (exact) mass is 349 g/mol. The molecule has 0 spiro atoms. The van der Waals surface area contributed by atoms with Crippen molar-refractivity contribution in [2.24, 2.45) is 10.1 Å². The standard InChI is InChI=1S/C16H16ClN3O2S/c1-10(2)18-15-5-3-4-8-20(15)16(21)12-9-11(19-22-12)13-6-7-14(17)23-13/h3-8,10,12H,9H2,1-2H3. The van der Waals surface area contributed by atoms with E-state index in [0.717, 1.165) is 10.6 Å². The first kappa shape index (κ1) is 16.0. The molecule has 1 aliphatic rings. The maximum absolute atomic E-state index is 12.7. The van der Waals surface area contributed by atoms with E-state index in [2.05, 4.69) is 10.1 Å². The van der Waals surface area contributed by atoms with Crippen LogP contribution >= 0.6 is 22.9 Å². The molecule has 0 N–H and O–H groups in total. The molecule has 1 aliphatic heterocycles. The lowest BCUT2D eigenvalue weighted by Gasteiger charge is -2.10. The summed E-state index contributed by atoms with van der Waals surface area (Å²) >= 11 is 7.37. The van der Waals surface area contributed by atoms with Crippen LogP contribution in [0.25, 0.3) is 0 Å². The third-order valence-electron chi connectivity index (χ3n) is 3.27. The van der Waals surface area contributed by atoms with E-state index >= 15 is 0 Å². The van der Waals surface area contributed by atoms with Gasteiger partial charge in [0.1, 0.15) is 11.2 Å². The lowest BCUT2D eigenvalue weighted by molar-refractivity contribution is 0.0465. The molecule has 7 heteroatoms. The summed E-state index contributed by atoms with van der Waals surface area (Å²) in [6.45, 7) is 3.94. The van der Waals surface area contributed by atoms with Gasteiger partial charge in [0.05, 0.1) is 9.21 Å². The molecule has 2 aromatic rings. The molecule has 5 nitrogen and oxygen atoms in total. The van der Waals surface area contributed by atoms with E-state index in [1.807, 2.05) is 38.1 Å². The van der Waals surface area contributed by atoms with Gasteiger partial charge in [0, 0.05) is 18.7 Å². The summed E-state index contributed by atoms with van der Waals surface area (Å²) in [6.07, 6.45) is 1.49. The van der Waals surface area contributed by atoms with Crippen molar-refractivity contribution in [1.29, 1.82) is 0 Å². The Kier molecular flexibility index (Phi) is 4.63. The normalized spacial score (nSPS) is 18.2. The van der Waals surface area contributed by atoms with Gasteiger partial charge in [-0.3, -0.25) is 14.4 Å². The van der Waals surface area contributed by atoms with Gasteiger partial charge in [-0.2, -0.15) is 0 Å². The first-order valence-electron chi connectivity index (χ1n) is 7.28. The SMILES string of the molecule is CC(C)N=c1ccccn1C(=O)C1CC(c2ccc(Cl)s2)=NO1. The first-order chi connectivity index (χ1) is 11.0. The highest BCUT2D eigenvalue weighted by Gasteiger charge is 2.30. The summed E-state index contributed by atoms with van der Waals surface area (Å²) in [5.74, 6) is -0.175.